The Labute approximate surface area is 216 Å². The number of anilines is 1. The van der Waals surface area contributed by atoms with E-state index in [0.29, 0.717) is 16.6 Å². The van der Waals surface area contributed by atoms with Crippen LogP contribution in [0.4, 0.5) is 10.5 Å². The van der Waals surface area contributed by atoms with Crippen molar-refractivity contribution in [1.82, 2.24) is 9.78 Å². The Hall–Kier alpha value is -4.32. The summed E-state index contributed by atoms with van der Waals surface area (Å²) in [7, 11) is 2.68. The molecule has 4 rings (SSSR count). The van der Waals surface area contributed by atoms with Crippen molar-refractivity contribution in [3.05, 3.63) is 99.7 Å². The molecule has 194 valence electrons. The van der Waals surface area contributed by atoms with Gasteiger partial charge in [0.05, 0.1) is 25.6 Å². The van der Waals surface area contributed by atoms with E-state index in [4.69, 9.17) is 36.1 Å². The number of hydrogen-bond acceptors (Lipinski definition) is 9. The molecule has 0 atom stereocenters. The van der Waals surface area contributed by atoms with Crippen LogP contribution >= 0.6 is 11.6 Å². The molecule has 2 aromatic carbocycles. The number of methoxy groups -OCH3 is 1. The van der Waals surface area contributed by atoms with E-state index in [1.165, 1.54) is 14.2 Å². The summed E-state index contributed by atoms with van der Waals surface area (Å²) in [4.78, 5) is 27.6. The van der Waals surface area contributed by atoms with Crippen LogP contribution in [0.25, 0.3) is 5.69 Å². The highest BCUT2D eigenvalue weighted by Crippen LogP contribution is 2.23. The number of nitrogens with zero attached hydrogens (tertiary/aromatic N) is 3. The Morgan fingerprint density at radius 1 is 1.14 bits per heavy atom. The molecule has 0 aliphatic heterocycles. The fourth-order valence-electron chi connectivity index (χ4n) is 2.99. The Bertz CT molecular complexity index is 1370. The van der Waals surface area contributed by atoms with Gasteiger partial charge in [-0.2, -0.15) is 5.06 Å². The van der Waals surface area contributed by atoms with Crippen LogP contribution in [0.15, 0.2) is 82.3 Å². The molecular formula is C25H24ClN3O8. The van der Waals surface area contributed by atoms with Crippen LogP contribution in [0.3, 0.4) is 0 Å². The topological polar surface area (TPSA) is 136 Å². The maximum Gasteiger partial charge on any atom is 0.438 e. The number of para-hydroxylation sites is 1. The molecule has 2 N–H and O–H groups in total. The number of rotatable bonds is 7. The summed E-state index contributed by atoms with van der Waals surface area (Å²) < 4.78 is 16.8. The van der Waals surface area contributed by atoms with E-state index in [2.05, 4.69) is 9.52 Å². The first kappa shape index (κ1) is 27.3. The van der Waals surface area contributed by atoms with Gasteiger partial charge >= 0.3 is 6.09 Å². The van der Waals surface area contributed by atoms with Crippen molar-refractivity contribution in [2.45, 2.75) is 13.2 Å². The minimum absolute atomic E-state index is 0.141. The van der Waals surface area contributed by atoms with Crippen LogP contribution < -0.4 is 15.2 Å². The number of amides is 1. The molecule has 11 nitrogen and oxygen atoms in total. The summed E-state index contributed by atoms with van der Waals surface area (Å²) in [6.45, 7) is -0.139. The van der Waals surface area contributed by atoms with E-state index in [1.54, 1.807) is 41.2 Å². The number of halogens is 1. The molecule has 0 spiro atoms. The summed E-state index contributed by atoms with van der Waals surface area (Å²) >= 11 is 5.91. The molecule has 1 amide bonds. The van der Waals surface area contributed by atoms with Crippen LogP contribution in [-0.4, -0.2) is 40.3 Å². The number of hydrogen-bond donors (Lipinski definition) is 2. The zero-order chi connectivity index (χ0) is 26.8. The van der Waals surface area contributed by atoms with Crippen LogP contribution in [0.1, 0.15) is 11.3 Å². The summed E-state index contributed by atoms with van der Waals surface area (Å²) in [5.41, 5.74) is 1.59. The Morgan fingerprint density at radius 3 is 2.51 bits per heavy atom. The molecule has 2 heterocycles. The van der Waals surface area contributed by atoms with Gasteiger partial charge in [-0.3, -0.25) is 9.63 Å². The van der Waals surface area contributed by atoms with Crippen LogP contribution in [0.5, 0.6) is 11.6 Å². The first-order valence-electron chi connectivity index (χ1n) is 10.7. The van der Waals surface area contributed by atoms with Gasteiger partial charge in [-0.1, -0.05) is 29.8 Å². The zero-order valence-electron chi connectivity index (χ0n) is 19.9. The van der Waals surface area contributed by atoms with E-state index >= 15 is 0 Å². The van der Waals surface area contributed by atoms with Gasteiger partial charge in [-0.15, -0.1) is 5.10 Å². The average molecular weight is 530 g/mol. The van der Waals surface area contributed by atoms with Gasteiger partial charge in [0, 0.05) is 28.9 Å². The summed E-state index contributed by atoms with van der Waals surface area (Å²) in [6.07, 6.45) is 2.06. The zero-order valence-corrected chi connectivity index (χ0v) is 20.7. The van der Waals surface area contributed by atoms with Crippen molar-refractivity contribution in [3.8, 4) is 17.3 Å². The number of aromatic nitrogens is 2. The van der Waals surface area contributed by atoms with Gasteiger partial charge < -0.3 is 24.1 Å². The van der Waals surface area contributed by atoms with Crippen LogP contribution in [0, 0.1) is 0 Å². The summed E-state index contributed by atoms with van der Waals surface area (Å²) in [6, 6.07) is 17.3. The summed E-state index contributed by atoms with van der Waals surface area (Å²) in [5, 5.41) is 23.2. The van der Waals surface area contributed by atoms with E-state index in [1.807, 2.05) is 24.3 Å². The SMILES string of the molecule is COC(=O)N(OC)c1ccccc1COc1ccn(-c2ccc(Cl)cc2)n1.O=c1cc(CO)occ1O. The van der Waals surface area contributed by atoms with Gasteiger partial charge in [0.2, 0.25) is 11.3 Å². The maximum atomic E-state index is 11.9. The standard InChI is InChI=1S/C19H18ClN3O4.C6H6O4/c1-25-19(24)23(26-2)17-6-4-3-5-14(17)13-27-18-11-12-22(21-18)16-9-7-15(20)8-10-16;7-2-4-1-5(8)6(9)3-10-4/h3-12H,13H2,1-2H3;1,3,7,9H,2H2. The molecule has 0 radical (unpaired) electrons. The number of aliphatic hydroxyl groups is 1. The second kappa shape index (κ2) is 13.1. The van der Waals surface area contributed by atoms with E-state index in [9.17, 15) is 9.59 Å². The number of carbonyl (C=O) groups is 1. The number of carbonyl (C=O) groups excluding carboxylic acids is 1. The fourth-order valence-corrected chi connectivity index (χ4v) is 3.11. The highest BCUT2D eigenvalue weighted by atomic mass is 35.5. The van der Waals surface area contributed by atoms with E-state index in [-0.39, 0.29) is 19.0 Å². The Balaban J connectivity index is 0.000000319. The van der Waals surface area contributed by atoms with Crippen molar-refractivity contribution in [2.75, 3.05) is 19.3 Å². The maximum absolute atomic E-state index is 11.9. The quantitative estimate of drug-likeness (QED) is 0.339. The van der Waals surface area contributed by atoms with Gasteiger partial charge in [0.15, 0.2) is 5.75 Å². The van der Waals surface area contributed by atoms with Crippen molar-refractivity contribution in [1.29, 1.82) is 0 Å². The molecule has 0 saturated heterocycles. The molecule has 0 unspecified atom stereocenters. The third-order valence-corrected chi connectivity index (χ3v) is 5.04. The number of aromatic hydroxyl groups is 1. The number of benzene rings is 2. The minimum Gasteiger partial charge on any atom is -0.502 e. The van der Waals surface area contributed by atoms with E-state index in [0.717, 1.165) is 28.6 Å². The molecule has 4 aromatic rings. The molecule has 0 aliphatic carbocycles. The first-order valence-corrected chi connectivity index (χ1v) is 11.1. The molecule has 0 bridgehead atoms. The molecule has 0 fully saturated rings. The lowest BCUT2D eigenvalue weighted by Gasteiger charge is -2.20. The molecule has 0 saturated carbocycles. The summed E-state index contributed by atoms with van der Waals surface area (Å²) in [5.74, 6) is 0.141. The molecule has 37 heavy (non-hydrogen) atoms. The molecular weight excluding hydrogens is 506 g/mol. The Morgan fingerprint density at radius 2 is 1.86 bits per heavy atom. The van der Waals surface area contributed by atoms with Gasteiger partial charge in [-0.25, -0.2) is 9.48 Å². The third kappa shape index (κ3) is 7.34. The predicted octanol–water partition coefficient (Wildman–Crippen LogP) is 4.08. The monoisotopic (exact) mass is 529 g/mol. The first-order chi connectivity index (χ1) is 17.9. The van der Waals surface area contributed by atoms with Crippen LogP contribution in [0.2, 0.25) is 5.02 Å². The van der Waals surface area contributed by atoms with Gasteiger partial charge in [0.25, 0.3) is 0 Å². The minimum atomic E-state index is -0.628. The van der Waals surface area contributed by atoms with Crippen molar-refractivity contribution < 1.29 is 33.7 Å². The molecule has 0 aliphatic rings. The lowest BCUT2D eigenvalue weighted by molar-refractivity contribution is 0.115. The largest absolute Gasteiger partial charge is 0.502 e. The fraction of sp³-hybridized carbons (Fsp3) is 0.160. The second-order valence-electron chi connectivity index (χ2n) is 7.19. The predicted molar refractivity (Wildman–Crippen MR) is 134 cm³/mol. The van der Waals surface area contributed by atoms with Gasteiger partial charge in [-0.05, 0) is 30.3 Å². The molecule has 12 heteroatoms. The third-order valence-electron chi connectivity index (χ3n) is 4.79. The smallest absolute Gasteiger partial charge is 0.438 e. The average Bonchev–Trinajstić information content (AvgIpc) is 3.40. The highest BCUT2D eigenvalue weighted by Gasteiger charge is 2.19. The second-order valence-corrected chi connectivity index (χ2v) is 7.63. The lowest BCUT2D eigenvalue weighted by atomic mass is 10.2. The molecule has 2 aromatic heterocycles. The van der Waals surface area contributed by atoms with Crippen molar-refractivity contribution >= 4 is 23.4 Å². The number of hydroxylamine groups is 1. The van der Waals surface area contributed by atoms with Crippen molar-refractivity contribution in [2.24, 2.45) is 0 Å². The lowest BCUT2D eigenvalue weighted by Crippen LogP contribution is -2.30. The number of ether oxygens (including phenoxy) is 2. The van der Waals surface area contributed by atoms with Crippen LogP contribution in [-0.2, 0) is 22.8 Å². The number of aliphatic hydroxyl groups excluding tert-OH is 1. The van der Waals surface area contributed by atoms with Gasteiger partial charge in [0.1, 0.15) is 25.2 Å². The van der Waals surface area contributed by atoms with E-state index < -0.39 is 17.3 Å². The van der Waals surface area contributed by atoms with Crippen molar-refractivity contribution in [3.63, 3.8) is 0 Å². The Kier molecular flexibility index (Phi) is 9.67. The normalized spacial score (nSPS) is 10.3. The highest BCUT2D eigenvalue weighted by molar-refractivity contribution is 6.30.